The molecule has 0 spiro atoms. The average Bonchev–Trinajstić information content (AvgIpc) is 3.46. The van der Waals surface area contributed by atoms with Crippen molar-refractivity contribution < 1.29 is 29.3 Å². The van der Waals surface area contributed by atoms with Crippen LogP contribution in [-0.4, -0.2) is 53.1 Å². The summed E-state index contributed by atoms with van der Waals surface area (Å²) in [5.41, 5.74) is 4.55. The van der Waals surface area contributed by atoms with Crippen molar-refractivity contribution in [3.8, 4) is 11.1 Å². The summed E-state index contributed by atoms with van der Waals surface area (Å²) in [4.78, 5) is 28.2. The van der Waals surface area contributed by atoms with Gasteiger partial charge >= 0.3 is 12.1 Å². The zero-order valence-electron chi connectivity index (χ0n) is 18.6. The summed E-state index contributed by atoms with van der Waals surface area (Å²) in [7, 11) is 0. The minimum atomic E-state index is -1.28. The van der Waals surface area contributed by atoms with E-state index in [1.807, 2.05) is 36.4 Å². The van der Waals surface area contributed by atoms with Gasteiger partial charge in [-0.05, 0) is 35.6 Å². The standard InChI is InChI=1S/C25H26N2O6S/c1-2-32-24(30)21-13-27-23(34-21)22(29)20(28)11-12-26-25(31)33-14-19-17-9-5-3-7-15(17)16-8-4-6-10-18(16)19/h3-10,13,19-20,22,28-29H,2,11-12,14H2,1H3,(H,26,31). The second-order valence-corrected chi connectivity index (χ2v) is 8.90. The zero-order chi connectivity index (χ0) is 24.1. The first kappa shape index (κ1) is 23.9. The van der Waals surface area contributed by atoms with Gasteiger partial charge < -0.3 is 25.0 Å². The maximum absolute atomic E-state index is 12.2. The van der Waals surface area contributed by atoms with Gasteiger partial charge in [-0.15, -0.1) is 11.3 Å². The van der Waals surface area contributed by atoms with Crippen LogP contribution in [-0.2, 0) is 9.47 Å². The lowest BCUT2D eigenvalue weighted by Gasteiger charge is -2.17. The van der Waals surface area contributed by atoms with Crippen molar-refractivity contribution >= 4 is 23.4 Å². The third-order valence-corrected chi connectivity index (χ3v) is 6.72. The van der Waals surface area contributed by atoms with Crippen LogP contribution >= 0.6 is 11.3 Å². The number of carbonyl (C=O) groups excluding carboxylic acids is 2. The summed E-state index contributed by atoms with van der Waals surface area (Å²) in [6, 6.07) is 16.2. The highest BCUT2D eigenvalue weighted by molar-refractivity contribution is 7.13. The van der Waals surface area contributed by atoms with Crippen molar-refractivity contribution in [2.24, 2.45) is 0 Å². The molecule has 4 rings (SSSR count). The van der Waals surface area contributed by atoms with E-state index in [-0.39, 0.29) is 42.0 Å². The predicted molar refractivity (Wildman–Crippen MR) is 127 cm³/mol. The van der Waals surface area contributed by atoms with Crippen LogP contribution in [0.3, 0.4) is 0 Å². The van der Waals surface area contributed by atoms with Gasteiger partial charge in [-0.25, -0.2) is 14.6 Å². The number of esters is 1. The number of hydrogen-bond acceptors (Lipinski definition) is 8. The lowest BCUT2D eigenvalue weighted by atomic mass is 9.98. The molecule has 3 N–H and O–H groups in total. The van der Waals surface area contributed by atoms with Gasteiger partial charge in [0.25, 0.3) is 0 Å². The van der Waals surface area contributed by atoms with Crippen LogP contribution in [0, 0.1) is 0 Å². The highest BCUT2D eigenvalue weighted by Crippen LogP contribution is 2.44. The van der Waals surface area contributed by atoms with E-state index in [2.05, 4.69) is 22.4 Å². The van der Waals surface area contributed by atoms with Crippen molar-refractivity contribution in [1.82, 2.24) is 10.3 Å². The fourth-order valence-electron chi connectivity index (χ4n) is 4.01. The molecular formula is C25H26N2O6S. The zero-order valence-corrected chi connectivity index (χ0v) is 19.5. The van der Waals surface area contributed by atoms with Gasteiger partial charge in [-0.1, -0.05) is 48.5 Å². The Morgan fingerprint density at radius 2 is 1.71 bits per heavy atom. The molecule has 0 fully saturated rings. The van der Waals surface area contributed by atoms with Gasteiger partial charge in [0, 0.05) is 12.5 Å². The first-order valence-electron chi connectivity index (χ1n) is 11.1. The van der Waals surface area contributed by atoms with E-state index in [0.29, 0.717) is 0 Å². The number of ether oxygens (including phenoxy) is 2. The van der Waals surface area contributed by atoms with Crippen molar-refractivity contribution in [3.05, 3.63) is 75.7 Å². The molecule has 2 atom stereocenters. The molecule has 1 aliphatic carbocycles. The summed E-state index contributed by atoms with van der Waals surface area (Å²) >= 11 is 0.961. The first-order valence-corrected chi connectivity index (χ1v) is 11.9. The molecule has 2 unspecified atom stereocenters. The largest absolute Gasteiger partial charge is 0.462 e. The molecule has 2 aromatic carbocycles. The van der Waals surface area contributed by atoms with Crippen molar-refractivity contribution in [3.63, 3.8) is 0 Å². The number of alkyl carbamates (subject to hydrolysis) is 1. The number of nitrogens with one attached hydrogen (secondary N) is 1. The molecule has 178 valence electrons. The van der Waals surface area contributed by atoms with Gasteiger partial charge in [0.1, 0.15) is 22.6 Å². The third-order valence-electron chi connectivity index (χ3n) is 5.67. The Balaban J connectivity index is 1.25. The van der Waals surface area contributed by atoms with E-state index >= 15 is 0 Å². The minimum Gasteiger partial charge on any atom is -0.462 e. The number of fused-ring (bicyclic) bond motifs is 3. The molecule has 8 nitrogen and oxygen atoms in total. The Morgan fingerprint density at radius 1 is 1.06 bits per heavy atom. The van der Waals surface area contributed by atoms with Crippen LogP contribution in [0.25, 0.3) is 11.1 Å². The number of benzene rings is 2. The Bertz CT molecular complexity index is 1120. The summed E-state index contributed by atoms with van der Waals surface area (Å²) in [5.74, 6) is -0.561. The highest BCUT2D eigenvalue weighted by Gasteiger charge is 2.29. The number of aromatic nitrogens is 1. The number of carbonyl (C=O) groups is 2. The number of hydrogen-bond donors (Lipinski definition) is 3. The fourth-order valence-corrected chi connectivity index (χ4v) is 4.87. The predicted octanol–water partition coefficient (Wildman–Crippen LogP) is 3.64. The molecule has 0 radical (unpaired) electrons. The molecule has 3 aromatic rings. The summed E-state index contributed by atoms with van der Waals surface area (Å²) < 4.78 is 10.4. The Morgan fingerprint density at radius 3 is 2.35 bits per heavy atom. The van der Waals surface area contributed by atoms with Gasteiger partial charge in [0.2, 0.25) is 0 Å². The van der Waals surface area contributed by atoms with E-state index in [4.69, 9.17) is 9.47 Å². The smallest absolute Gasteiger partial charge is 0.407 e. The van der Waals surface area contributed by atoms with E-state index in [9.17, 15) is 19.8 Å². The summed E-state index contributed by atoms with van der Waals surface area (Å²) in [6.45, 7) is 2.23. The van der Waals surface area contributed by atoms with Gasteiger partial charge in [-0.3, -0.25) is 0 Å². The topological polar surface area (TPSA) is 118 Å². The van der Waals surface area contributed by atoms with Gasteiger partial charge in [-0.2, -0.15) is 0 Å². The maximum Gasteiger partial charge on any atom is 0.407 e. The molecule has 0 aliphatic heterocycles. The van der Waals surface area contributed by atoms with Crippen LogP contribution in [0.1, 0.15) is 51.2 Å². The van der Waals surface area contributed by atoms with Crippen LogP contribution in [0.4, 0.5) is 4.79 Å². The van der Waals surface area contributed by atoms with E-state index in [0.717, 1.165) is 33.6 Å². The third kappa shape index (κ3) is 5.11. The van der Waals surface area contributed by atoms with Gasteiger partial charge in [0.05, 0.1) is 18.9 Å². The van der Waals surface area contributed by atoms with Crippen LogP contribution in [0.15, 0.2) is 54.7 Å². The second kappa shape index (κ2) is 10.8. The van der Waals surface area contributed by atoms with Crippen molar-refractivity contribution in [2.45, 2.75) is 31.5 Å². The normalized spacial score (nSPS) is 14.1. The molecule has 0 bridgehead atoms. The lowest BCUT2D eigenvalue weighted by molar-refractivity contribution is 0.0135. The molecule has 0 saturated carbocycles. The number of nitrogens with zero attached hydrogens (tertiary/aromatic N) is 1. The maximum atomic E-state index is 12.2. The monoisotopic (exact) mass is 482 g/mol. The molecule has 34 heavy (non-hydrogen) atoms. The van der Waals surface area contributed by atoms with Crippen LogP contribution in [0.2, 0.25) is 0 Å². The summed E-state index contributed by atoms with van der Waals surface area (Å²) in [6.07, 6.45) is -1.65. The van der Waals surface area contributed by atoms with Crippen molar-refractivity contribution in [1.29, 1.82) is 0 Å². The Labute approximate surface area is 201 Å². The van der Waals surface area contributed by atoms with E-state index < -0.39 is 24.3 Å². The SMILES string of the molecule is CCOC(=O)c1cnc(C(O)C(O)CCNC(=O)OCC2c3ccccc3-c3ccccc32)s1. The molecular weight excluding hydrogens is 456 g/mol. The molecule has 0 saturated heterocycles. The highest BCUT2D eigenvalue weighted by atomic mass is 32.1. The Hall–Kier alpha value is -3.27. The first-order chi connectivity index (χ1) is 16.5. The Kier molecular flexibility index (Phi) is 7.56. The number of aliphatic hydroxyl groups is 2. The molecule has 9 heteroatoms. The fraction of sp³-hybridized carbons (Fsp3) is 0.320. The average molecular weight is 483 g/mol. The number of thiazole rings is 1. The number of aliphatic hydroxyl groups excluding tert-OH is 2. The summed E-state index contributed by atoms with van der Waals surface area (Å²) in [5, 5.41) is 23.4. The van der Waals surface area contributed by atoms with Crippen LogP contribution < -0.4 is 5.32 Å². The molecule has 1 amide bonds. The molecule has 1 aliphatic rings. The number of rotatable bonds is 9. The van der Waals surface area contributed by atoms with E-state index in [1.54, 1.807) is 6.92 Å². The van der Waals surface area contributed by atoms with Crippen LogP contribution in [0.5, 0.6) is 0 Å². The quantitative estimate of drug-likeness (QED) is 0.399. The number of amides is 1. The lowest BCUT2D eigenvalue weighted by Crippen LogP contribution is -2.30. The van der Waals surface area contributed by atoms with Crippen molar-refractivity contribution in [2.75, 3.05) is 19.8 Å². The second-order valence-electron chi connectivity index (χ2n) is 7.84. The molecule has 1 heterocycles. The van der Waals surface area contributed by atoms with Gasteiger partial charge in [0.15, 0.2) is 0 Å². The van der Waals surface area contributed by atoms with E-state index in [1.165, 1.54) is 6.20 Å². The minimum absolute atomic E-state index is 0.0379. The molecule has 1 aromatic heterocycles.